The molecule has 0 aliphatic heterocycles. The predicted octanol–water partition coefficient (Wildman–Crippen LogP) is 18.1. The molecule has 0 bridgehead atoms. The summed E-state index contributed by atoms with van der Waals surface area (Å²) in [5.74, 6) is 0. The fourth-order valence-electron chi connectivity index (χ4n) is 11.9. The first-order valence-corrected chi connectivity index (χ1v) is 23.8. The molecule has 0 saturated carbocycles. The SMILES string of the molecule is c1ccc(-c2ccccc2-c2c(-c3ccccc3)cccc2N(c2ccc(-c3cccc4oc5ccccc5c34)cc2)c2ccc3c(c2)-c2ccccc2C32c3ccccc3-c3ccccc32)cc1. The molecule has 0 unspecified atom stereocenters. The number of para-hydroxylation sites is 1. The van der Waals surface area contributed by atoms with Crippen molar-refractivity contribution in [3.63, 3.8) is 0 Å². The molecule has 12 aromatic rings. The van der Waals surface area contributed by atoms with E-state index in [4.69, 9.17) is 4.42 Å². The highest BCUT2D eigenvalue weighted by atomic mass is 16.3. The quantitative estimate of drug-likeness (QED) is 0.159. The van der Waals surface area contributed by atoms with Gasteiger partial charge in [-0.2, -0.15) is 0 Å². The summed E-state index contributed by atoms with van der Waals surface area (Å²) in [6, 6.07) is 95.6. The average molecular weight is 878 g/mol. The molecule has 69 heavy (non-hydrogen) atoms. The minimum atomic E-state index is -0.435. The molecule has 1 aromatic heterocycles. The van der Waals surface area contributed by atoms with Crippen LogP contribution in [-0.4, -0.2) is 0 Å². The molecular formula is C67H43NO. The van der Waals surface area contributed by atoms with Gasteiger partial charge in [-0.1, -0.05) is 218 Å². The van der Waals surface area contributed by atoms with Gasteiger partial charge in [0.2, 0.25) is 0 Å². The van der Waals surface area contributed by atoms with Crippen molar-refractivity contribution >= 4 is 39.0 Å². The number of benzene rings is 11. The largest absolute Gasteiger partial charge is 0.456 e. The lowest BCUT2D eigenvalue weighted by Gasteiger charge is -2.32. The molecule has 322 valence electrons. The van der Waals surface area contributed by atoms with Gasteiger partial charge in [-0.25, -0.2) is 0 Å². The Morgan fingerprint density at radius 2 is 0.754 bits per heavy atom. The van der Waals surface area contributed by atoms with Crippen LogP contribution < -0.4 is 4.90 Å². The third kappa shape index (κ3) is 5.86. The summed E-state index contributed by atoms with van der Waals surface area (Å²) < 4.78 is 6.36. The van der Waals surface area contributed by atoms with Crippen LogP contribution in [0, 0.1) is 0 Å². The van der Waals surface area contributed by atoms with Crippen LogP contribution in [-0.2, 0) is 5.41 Å². The van der Waals surface area contributed by atoms with Crippen LogP contribution in [0.4, 0.5) is 17.1 Å². The topological polar surface area (TPSA) is 16.4 Å². The monoisotopic (exact) mass is 877 g/mol. The molecule has 14 rings (SSSR count). The molecule has 1 heterocycles. The third-order valence-corrected chi connectivity index (χ3v) is 14.7. The smallest absolute Gasteiger partial charge is 0.136 e. The van der Waals surface area contributed by atoms with Crippen molar-refractivity contribution in [3.8, 4) is 66.8 Å². The summed E-state index contributed by atoms with van der Waals surface area (Å²) in [5, 5.41) is 2.26. The van der Waals surface area contributed by atoms with Crippen molar-refractivity contribution in [3.05, 3.63) is 283 Å². The van der Waals surface area contributed by atoms with E-state index in [1.165, 1.54) is 66.8 Å². The van der Waals surface area contributed by atoms with Crippen LogP contribution in [0.1, 0.15) is 22.3 Å². The number of hydrogen-bond acceptors (Lipinski definition) is 2. The second-order valence-electron chi connectivity index (χ2n) is 18.3. The summed E-state index contributed by atoms with van der Waals surface area (Å²) in [4.78, 5) is 2.49. The Morgan fingerprint density at radius 1 is 0.290 bits per heavy atom. The molecule has 1 spiro atoms. The Hall–Kier alpha value is -8.98. The van der Waals surface area contributed by atoms with Gasteiger partial charge in [-0.05, 0) is 126 Å². The van der Waals surface area contributed by atoms with Crippen molar-refractivity contribution < 1.29 is 4.42 Å². The standard InChI is InChI=1S/C67H43NO/c1-3-19-44(20-4-1)49-23-7-8-27-55(49)65-50(45-21-5-2-6-22-45)29-17-34-62(65)68(47-39-37-46(38-40-47)51-30-18-36-64-66(51)56-28-12-16-35-63(56)69-64)48-41-42-61-57(43-48)54-26-11-15-33-60(54)67(61)58-31-13-9-24-52(58)53-25-10-14-32-59(53)67/h1-43H. The van der Waals surface area contributed by atoms with E-state index in [0.717, 1.165) is 61.3 Å². The fraction of sp³-hybridized carbons (Fsp3) is 0.0149. The molecule has 2 nitrogen and oxygen atoms in total. The maximum absolute atomic E-state index is 6.36. The number of nitrogens with zero attached hydrogens (tertiary/aromatic N) is 1. The van der Waals surface area contributed by atoms with Crippen LogP contribution in [0.2, 0.25) is 0 Å². The van der Waals surface area contributed by atoms with Gasteiger partial charge in [-0.15, -0.1) is 0 Å². The van der Waals surface area contributed by atoms with Gasteiger partial charge in [0.25, 0.3) is 0 Å². The number of furan rings is 1. The van der Waals surface area contributed by atoms with Gasteiger partial charge in [0.1, 0.15) is 11.2 Å². The highest BCUT2D eigenvalue weighted by molar-refractivity contribution is 6.12. The number of anilines is 3. The van der Waals surface area contributed by atoms with Gasteiger partial charge in [-0.3, -0.25) is 0 Å². The Kier molecular flexibility index (Phi) is 8.84. The van der Waals surface area contributed by atoms with Crippen LogP contribution in [0.15, 0.2) is 265 Å². The van der Waals surface area contributed by atoms with Crippen molar-refractivity contribution in [2.24, 2.45) is 0 Å². The Morgan fingerprint density at radius 3 is 1.43 bits per heavy atom. The maximum atomic E-state index is 6.36. The van der Waals surface area contributed by atoms with Crippen LogP contribution in [0.5, 0.6) is 0 Å². The molecule has 0 radical (unpaired) electrons. The summed E-state index contributed by atoms with van der Waals surface area (Å²) in [7, 11) is 0. The molecule has 0 amide bonds. The van der Waals surface area contributed by atoms with E-state index in [-0.39, 0.29) is 0 Å². The first kappa shape index (κ1) is 39.2. The number of rotatable bonds is 7. The zero-order chi connectivity index (χ0) is 45.5. The van der Waals surface area contributed by atoms with Crippen molar-refractivity contribution in [2.75, 3.05) is 4.90 Å². The summed E-state index contributed by atoms with van der Waals surface area (Å²) in [6.45, 7) is 0. The zero-order valence-corrected chi connectivity index (χ0v) is 37.7. The second-order valence-corrected chi connectivity index (χ2v) is 18.3. The van der Waals surface area contributed by atoms with Gasteiger partial charge in [0.15, 0.2) is 0 Å². The minimum absolute atomic E-state index is 0.435. The van der Waals surface area contributed by atoms with Gasteiger partial charge in [0.05, 0.1) is 11.1 Å². The lowest BCUT2D eigenvalue weighted by molar-refractivity contribution is 0.669. The molecule has 0 N–H and O–H groups in total. The van der Waals surface area contributed by atoms with Crippen molar-refractivity contribution in [1.29, 1.82) is 0 Å². The molecule has 2 aliphatic rings. The molecule has 0 atom stereocenters. The van der Waals surface area contributed by atoms with E-state index < -0.39 is 5.41 Å². The Balaban J connectivity index is 1.03. The first-order chi connectivity index (χ1) is 34.3. The highest BCUT2D eigenvalue weighted by Crippen LogP contribution is 2.63. The van der Waals surface area contributed by atoms with E-state index in [1.54, 1.807) is 0 Å². The van der Waals surface area contributed by atoms with Crippen molar-refractivity contribution in [1.82, 2.24) is 0 Å². The van der Waals surface area contributed by atoms with Crippen molar-refractivity contribution in [2.45, 2.75) is 5.41 Å². The normalized spacial score (nSPS) is 12.8. The zero-order valence-electron chi connectivity index (χ0n) is 37.7. The molecule has 0 fully saturated rings. The van der Waals surface area contributed by atoms with Crippen LogP contribution >= 0.6 is 0 Å². The Bertz CT molecular complexity index is 3910. The lowest BCUT2D eigenvalue weighted by atomic mass is 9.70. The number of hydrogen-bond donors (Lipinski definition) is 0. The Labute approximate surface area is 401 Å². The second kappa shape index (κ2) is 15.6. The van der Waals surface area contributed by atoms with E-state index in [9.17, 15) is 0 Å². The molecule has 2 heteroatoms. The van der Waals surface area contributed by atoms with Gasteiger partial charge < -0.3 is 9.32 Å². The lowest BCUT2D eigenvalue weighted by Crippen LogP contribution is -2.25. The van der Waals surface area contributed by atoms with Crippen LogP contribution in [0.3, 0.4) is 0 Å². The summed E-state index contributed by atoms with van der Waals surface area (Å²) in [6.07, 6.45) is 0. The molecule has 11 aromatic carbocycles. The first-order valence-electron chi connectivity index (χ1n) is 23.8. The number of fused-ring (bicyclic) bond motifs is 13. The van der Waals surface area contributed by atoms with Gasteiger partial charge in [0, 0.05) is 27.7 Å². The summed E-state index contributed by atoms with van der Waals surface area (Å²) >= 11 is 0. The summed E-state index contributed by atoms with van der Waals surface area (Å²) in [5.41, 5.74) is 24.3. The maximum Gasteiger partial charge on any atom is 0.136 e. The third-order valence-electron chi connectivity index (χ3n) is 14.7. The highest BCUT2D eigenvalue weighted by Gasteiger charge is 2.51. The minimum Gasteiger partial charge on any atom is -0.456 e. The van der Waals surface area contributed by atoms with Crippen LogP contribution in [0.25, 0.3) is 88.7 Å². The van der Waals surface area contributed by atoms with E-state index >= 15 is 0 Å². The van der Waals surface area contributed by atoms with Gasteiger partial charge >= 0.3 is 0 Å². The molecular weight excluding hydrogens is 835 g/mol. The average Bonchev–Trinajstić information content (AvgIpc) is 4.06. The molecule has 0 saturated heterocycles. The van der Waals surface area contributed by atoms with E-state index in [2.05, 4.69) is 260 Å². The fourth-order valence-corrected chi connectivity index (χ4v) is 11.9. The van der Waals surface area contributed by atoms with E-state index in [1.807, 2.05) is 6.07 Å². The van der Waals surface area contributed by atoms with E-state index in [0.29, 0.717) is 0 Å². The predicted molar refractivity (Wildman–Crippen MR) is 286 cm³/mol. The molecule has 2 aliphatic carbocycles.